The van der Waals surface area contributed by atoms with Crippen LogP contribution in [0.15, 0.2) is 42.5 Å². The third-order valence-electron chi connectivity index (χ3n) is 5.07. The van der Waals surface area contributed by atoms with Gasteiger partial charge in [-0.2, -0.15) is 0 Å². The number of halogens is 2. The standard InChI is InChI=1S/C21H23ClFN3O/c1-3-25(4-2)11-12-26-19-10-9-15(22)13-17(19)21(24-14-20(26)27)16-7-5-6-8-18(16)23/h5-10,13H,3-4,11-12,14H2,1-2H3/p+2. The summed E-state index contributed by atoms with van der Waals surface area (Å²) in [6, 6.07) is 12.0. The van der Waals surface area contributed by atoms with Crippen LogP contribution in [0.1, 0.15) is 25.0 Å². The molecule has 0 aliphatic carbocycles. The van der Waals surface area contributed by atoms with Crippen molar-refractivity contribution in [1.29, 1.82) is 0 Å². The van der Waals surface area contributed by atoms with Crippen molar-refractivity contribution in [3.05, 3.63) is 64.4 Å². The van der Waals surface area contributed by atoms with Gasteiger partial charge < -0.3 is 9.80 Å². The summed E-state index contributed by atoms with van der Waals surface area (Å²) in [5.41, 5.74) is 2.54. The highest BCUT2D eigenvalue weighted by molar-refractivity contribution is 6.31. The van der Waals surface area contributed by atoms with Crippen LogP contribution in [0.25, 0.3) is 0 Å². The molecule has 0 saturated heterocycles. The van der Waals surface area contributed by atoms with Crippen LogP contribution in [-0.2, 0) is 4.79 Å². The van der Waals surface area contributed by atoms with E-state index in [2.05, 4.69) is 18.8 Å². The van der Waals surface area contributed by atoms with Crippen LogP contribution >= 0.6 is 11.6 Å². The van der Waals surface area contributed by atoms with Gasteiger partial charge in [-0.15, -0.1) is 0 Å². The van der Waals surface area contributed by atoms with Crippen molar-refractivity contribution in [3.8, 4) is 0 Å². The molecule has 1 amide bonds. The van der Waals surface area contributed by atoms with E-state index >= 15 is 0 Å². The van der Waals surface area contributed by atoms with Crippen molar-refractivity contribution in [2.24, 2.45) is 0 Å². The Balaban J connectivity index is 2.04. The van der Waals surface area contributed by atoms with E-state index in [9.17, 15) is 9.18 Å². The van der Waals surface area contributed by atoms with Crippen LogP contribution < -0.4 is 14.8 Å². The molecule has 0 radical (unpaired) electrons. The third-order valence-corrected chi connectivity index (χ3v) is 5.30. The molecule has 0 fully saturated rings. The highest BCUT2D eigenvalue weighted by atomic mass is 35.5. The minimum atomic E-state index is -0.334. The predicted octanol–water partition coefficient (Wildman–Crippen LogP) is 0.668. The van der Waals surface area contributed by atoms with Gasteiger partial charge >= 0.3 is 0 Å². The molecule has 2 aromatic carbocycles. The second-order valence-electron chi connectivity index (χ2n) is 6.62. The Kier molecular flexibility index (Phi) is 6.24. The first-order valence-electron chi connectivity index (χ1n) is 9.34. The predicted molar refractivity (Wildman–Crippen MR) is 106 cm³/mol. The molecule has 1 aliphatic rings. The summed E-state index contributed by atoms with van der Waals surface area (Å²) < 4.78 is 14.4. The van der Waals surface area contributed by atoms with Gasteiger partial charge in [-0.3, -0.25) is 4.79 Å². The topological polar surface area (TPSA) is 38.7 Å². The fraction of sp³-hybridized carbons (Fsp3) is 0.333. The van der Waals surface area contributed by atoms with E-state index in [-0.39, 0.29) is 18.3 Å². The second kappa shape index (κ2) is 8.63. The minimum absolute atomic E-state index is 0.0310. The number of likely N-dealkylation sites (N-methyl/N-ethyl adjacent to an activating group) is 1. The van der Waals surface area contributed by atoms with E-state index in [1.54, 1.807) is 35.2 Å². The second-order valence-corrected chi connectivity index (χ2v) is 7.06. The quantitative estimate of drug-likeness (QED) is 0.749. The van der Waals surface area contributed by atoms with E-state index in [1.165, 1.54) is 11.0 Å². The fourth-order valence-electron chi connectivity index (χ4n) is 3.46. The zero-order chi connectivity index (χ0) is 19.4. The van der Waals surface area contributed by atoms with Gasteiger partial charge in [0.15, 0.2) is 0 Å². The van der Waals surface area contributed by atoms with Crippen molar-refractivity contribution < 1.29 is 19.1 Å². The van der Waals surface area contributed by atoms with Gasteiger partial charge in [-0.05, 0) is 44.2 Å². The van der Waals surface area contributed by atoms with Crippen LogP contribution in [-0.4, -0.2) is 44.3 Å². The number of carbonyl (C=O) groups excluding carboxylic acids is 1. The van der Waals surface area contributed by atoms with Crippen LogP contribution in [0.2, 0.25) is 5.02 Å². The number of quaternary nitrogens is 1. The monoisotopic (exact) mass is 389 g/mol. The van der Waals surface area contributed by atoms with Crippen molar-refractivity contribution in [2.45, 2.75) is 13.8 Å². The largest absolute Gasteiger partial charge is 0.334 e. The molecule has 0 unspecified atom stereocenters. The molecule has 4 nitrogen and oxygen atoms in total. The van der Waals surface area contributed by atoms with Gasteiger partial charge in [-0.25, -0.2) is 9.38 Å². The zero-order valence-electron chi connectivity index (χ0n) is 15.7. The smallest absolute Gasteiger partial charge is 0.292 e. The molecule has 0 aromatic heterocycles. The Hall–Kier alpha value is -2.24. The summed E-state index contributed by atoms with van der Waals surface area (Å²) in [7, 11) is 0. The molecule has 0 atom stereocenters. The molecule has 1 aliphatic heterocycles. The molecule has 0 saturated carbocycles. The minimum Gasteiger partial charge on any atom is -0.334 e. The lowest BCUT2D eigenvalue weighted by atomic mass is 9.99. The molecule has 142 valence electrons. The first-order valence-corrected chi connectivity index (χ1v) is 9.72. The number of benzodiazepines with no additional fused rings is 1. The Bertz CT molecular complexity index is 864. The number of fused-ring (bicyclic) bond motifs is 1. The fourth-order valence-corrected chi connectivity index (χ4v) is 3.63. The summed E-state index contributed by atoms with van der Waals surface area (Å²) >= 11 is 6.24. The highest BCUT2D eigenvalue weighted by Gasteiger charge is 2.31. The molecule has 0 spiro atoms. The van der Waals surface area contributed by atoms with Crippen LogP contribution in [0, 0.1) is 5.82 Å². The van der Waals surface area contributed by atoms with Crippen LogP contribution in [0.5, 0.6) is 0 Å². The highest BCUT2D eigenvalue weighted by Crippen LogP contribution is 2.27. The summed E-state index contributed by atoms with van der Waals surface area (Å²) in [5.74, 6) is -0.365. The van der Waals surface area contributed by atoms with Gasteiger partial charge in [0.25, 0.3) is 5.91 Å². The number of rotatable bonds is 6. The summed E-state index contributed by atoms with van der Waals surface area (Å²) in [5, 5.41) is 0.549. The molecule has 3 rings (SSSR count). The summed E-state index contributed by atoms with van der Waals surface area (Å²) in [4.78, 5) is 19.2. The number of hydrogen-bond donors (Lipinski definition) is 2. The Morgan fingerprint density at radius 1 is 1.15 bits per heavy atom. The maximum Gasteiger partial charge on any atom is 0.292 e. The van der Waals surface area contributed by atoms with E-state index < -0.39 is 0 Å². The SMILES string of the molecule is CC[NH+](CC)CCN1C(=O)C[NH+]=C(c2ccccc2F)c2cc(Cl)ccc21. The van der Waals surface area contributed by atoms with Crippen LogP contribution in [0.3, 0.4) is 0 Å². The zero-order valence-corrected chi connectivity index (χ0v) is 16.4. The van der Waals surface area contributed by atoms with E-state index in [0.29, 0.717) is 22.8 Å². The van der Waals surface area contributed by atoms with Gasteiger partial charge in [0.2, 0.25) is 12.3 Å². The van der Waals surface area contributed by atoms with Crippen molar-refractivity contribution >= 4 is 28.9 Å². The molecular weight excluding hydrogens is 365 g/mol. The van der Waals surface area contributed by atoms with E-state index in [0.717, 1.165) is 30.9 Å². The van der Waals surface area contributed by atoms with Crippen LogP contribution in [0.4, 0.5) is 10.1 Å². The number of amides is 1. The van der Waals surface area contributed by atoms with Gasteiger partial charge in [-0.1, -0.05) is 23.7 Å². The van der Waals surface area contributed by atoms with Gasteiger partial charge in [0.05, 0.1) is 43.0 Å². The average molecular weight is 390 g/mol. The Morgan fingerprint density at radius 2 is 1.89 bits per heavy atom. The molecule has 1 heterocycles. The third kappa shape index (κ3) is 4.20. The van der Waals surface area contributed by atoms with Crippen molar-refractivity contribution in [2.75, 3.05) is 37.6 Å². The lowest BCUT2D eigenvalue weighted by Gasteiger charge is -2.24. The van der Waals surface area contributed by atoms with Gasteiger partial charge in [0.1, 0.15) is 5.82 Å². The summed E-state index contributed by atoms with van der Waals surface area (Å²) in [6.45, 7) is 7.88. The number of carbonyl (C=O) groups is 1. The molecule has 27 heavy (non-hydrogen) atoms. The Morgan fingerprint density at radius 3 is 2.59 bits per heavy atom. The lowest BCUT2D eigenvalue weighted by molar-refractivity contribution is -0.894. The molecule has 6 heteroatoms. The summed E-state index contributed by atoms with van der Waals surface area (Å²) in [6.07, 6.45) is 0. The number of nitrogens with zero attached hydrogens (tertiary/aromatic N) is 1. The number of benzene rings is 2. The van der Waals surface area contributed by atoms with E-state index in [1.807, 2.05) is 6.07 Å². The number of nitrogens with one attached hydrogen (secondary N) is 2. The van der Waals surface area contributed by atoms with E-state index in [4.69, 9.17) is 11.6 Å². The maximum absolute atomic E-state index is 14.4. The molecule has 0 bridgehead atoms. The maximum atomic E-state index is 14.4. The number of hydrogen-bond acceptors (Lipinski definition) is 1. The first-order chi connectivity index (χ1) is 13.0. The molecule has 2 aromatic rings. The van der Waals surface area contributed by atoms with Crippen molar-refractivity contribution in [1.82, 2.24) is 0 Å². The number of anilines is 1. The lowest BCUT2D eigenvalue weighted by Crippen LogP contribution is -3.12. The van der Waals surface area contributed by atoms with Gasteiger partial charge in [0, 0.05) is 5.02 Å². The average Bonchev–Trinajstić information content (AvgIpc) is 2.80. The first kappa shape index (κ1) is 19.5. The Labute approximate surface area is 164 Å². The normalized spacial score (nSPS) is 14.2. The molecule has 2 N–H and O–H groups in total. The van der Waals surface area contributed by atoms with Crippen molar-refractivity contribution in [3.63, 3.8) is 0 Å². The molecular formula is C21H25ClFN3O+2.